The Hall–Kier alpha value is -1.84. The predicted octanol–water partition coefficient (Wildman–Crippen LogP) is 3.98. The van der Waals surface area contributed by atoms with Crippen LogP contribution in [0.4, 0.5) is 0 Å². The SMILES string of the molecule is CCC(CC)C[C@@H](C)OC(=O)c1ccc(OC(C)=O)cc1. The highest BCUT2D eigenvalue weighted by atomic mass is 16.5. The largest absolute Gasteiger partial charge is 0.459 e. The highest BCUT2D eigenvalue weighted by Crippen LogP contribution is 2.18. The van der Waals surface area contributed by atoms with Crippen LogP contribution < -0.4 is 4.74 Å². The van der Waals surface area contributed by atoms with E-state index in [-0.39, 0.29) is 18.0 Å². The van der Waals surface area contributed by atoms with Crippen molar-refractivity contribution in [3.8, 4) is 5.75 Å². The van der Waals surface area contributed by atoms with Crippen molar-refractivity contribution in [2.75, 3.05) is 0 Å². The highest BCUT2D eigenvalue weighted by molar-refractivity contribution is 5.89. The minimum atomic E-state index is -0.385. The standard InChI is InChI=1S/C17H24O4/c1-5-14(6-2)11-12(3)20-17(19)15-7-9-16(10-8-15)21-13(4)18/h7-10,12,14H,5-6,11H2,1-4H3/t12-/m1/s1. The summed E-state index contributed by atoms with van der Waals surface area (Å²) in [7, 11) is 0. The maximum absolute atomic E-state index is 12.0. The van der Waals surface area contributed by atoms with Gasteiger partial charge < -0.3 is 9.47 Å². The molecule has 0 spiro atoms. The van der Waals surface area contributed by atoms with Gasteiger partial charge in [-0.1, -0.05) is 26.7 Å². The van der Waals surface area contributed by atoms with Gasteiger partial charge in [0.2, 0.25) is 0 Å². The maximum Gasteiger partial charge on any atom is 0.338 e. The Bertz CT molecular complexity index is 460. The number of esters is 2. The van der Waals surface area contributed by atoms with Crippen molar-refractivity contribution >= 4 is 11.9 Å². The van der Waals surface area contributed by atoms with Gasteiger partial charge in [-0.3, -0.25) is 4.79 Å². The average molecular weight is 292 g/mol. The summed E-state index contributed by atoms with van der Waals surface area (Å²) in [6, 6.07) is 6.38. The molecule has 0 radical (unpaired) electrons. The molecule has 1 aromatic rings. The first-order chi connectivity index (χ1) is 9.96. The summed E-state index contributed by atoms with van der Waals surface area (Å²) >= 11 is 0. The fraction of sp³-hybridized carbons (Fsp3) is 0.529. The zero-order valence-corrected chi connectivity index (χ0v) is 13.2. The minimum Gasteiger partial charge on any atom is -0.459 e. The predicted molar refractivity (Wildman–Crippen MR) is 81.3 cm³/mol. The van der Waals surface area contributed by atoms with Crippen molar-refractivity contribution in [1.82, 2.24) is 0 Å². The molecule has 116 valence electrons. The van der Waals surface area contributed by atoms with Gasteiger partial charge in [0.1, 0.15) is 5.75 Å². The molecule has 0 bridgehead atoms. The molecule has 4 nitrogen and oxygen atoms in total. The molecule has 0 unspecified atom stereocenters. The van der Waals surface area contributed by atoms with Crippen LogP contribution in [-0.2, 0) is 9.53 Å². The number of benzene rings is 1. The van der Waals surface area contributed by atoms with E-state index in [1.54, 1.807) is 24.3 Å². The Kier molecular flexibility index (Phi) is 6.92. The van der Waals surface area contributed by atoms with E-state index in [2.05, 4.69) is 13.8 Å². The summed E-state index contributed by atoms with van der Waals surface area (Å²) in [6.45, 7) is 7.55. The van der Waals surface area contributed by atoms with Crippen molar-refractivity contribution in [1.29, 1.82) is 0 Å². The molecule has 0 aliphatic heterocycles. The summed E-state index contributed by atoms with van der Waals surface area (Å²) in [4.78, 5) is 22.8. The zero-order chi connectivity index (χ0) is 15.8. The molecular weight excluding hydrogens is 268 g/mol. The Morgan fingerprint density at radius 1 is 1.10 bits per heavy atom. The van der Waals surface area contributed by atoms with Crippen LogP contribution in [0.1, 0.15) is 57.3 Å². The average Bonchev–Trinajstić information content (AvgIpc) is 2.44. The Labute approximate surface area is 126 Å². The molecule has 0 heterocycles. The van der Waals surface area contributed by atoms with Crippen LogP contribution in [0.5, 0.6) is 5.75 Å². The Balaban J connectivity index is 2.56. The smallest absolute Gasteiger partial charge is 0.338 e. The molecule has 0 aliphatic rings. The Morgan fingerprint density at radius 2 is 1.67 bits per heavy atom. The van der Waals surface area contributed by atoms with Crippen molar-refractivity contribution < 1.29 is 19.1 Å². The highest BCUT2D eigenvalue weighted by Gasteiger charge is 2.15. The summed E-state index contributed by atoms with van der Waals surface area (Å²) in [5, 5.41) is 0. The minimum absolute atomic E-state index is 0.101. The molecule has 0 amide bonds. The fourth-order valence-corrected chi connectivity index (χ4v) is 2.22. The van der Waals surface area contributed by atoms with E-state index in [9.17, 15) is 9.59 Å². The van der Waals surface area contributed by atoms with Crippen molar-refractivity contribution in [3.63, 3.8) is 0 Å². The van der Waals surface area contributed by atoms with E-state index in [0.29, 0.717) is 17.2 Å². The molecule has 1 rings (SSSR count). The second-order valence-corrected chi connectivity index (χ2v) is 5.25. The molecule has 1 atom stereocenters. The lowest BCUT2D eigenvalue weighted by molar-refractivity contribution is -0.131. The fourth-order valence-electron chi connectivity index (χ4n) is 2.22. The van der Waals surface area contributed by atoms with Crippen LogP contribution >= 0.6 is 0 Å². The van der Waals surface area contributed by atoms with Gasteiger partial charge in [-0.25, -0.2) is 4.79 Å². The maximum atomic E-state index is 12.0. The molecule has 21 heavy (non-hydrogen) atoms. The molecule has 0 aromatic heterocycles. The van der Waals surface area contributed by atoms with Gasteiger partial charge in [0, 0.05) is 6.92 Å². The molecule has 0 saturated carbocycles. The third kappa shape index (κ3) is 5.98. The van der Waals surface area contributed by atoms with Crippen LogP contribution in [0.3, 0.4) is 0 Å². The molecule has 1 aromatic carbocycles. The number of rotatable bonds is 7. The van der Waals surface area contributed by atoms with E-state index >= 15 is 0 Å². The monoisotopic (exact) mass is 292 g/mol. The van der Waals surface area contributed by atoms with Crippen molar-refractivity contribution in [2.24, 2.45) is 5.92 Å². The van der Waals surface area contributed by atoms with Crippen LogP contribution in [0.2, 0.25) is 0 Å². The van der Waals surface area contributed by atoms with E-state index < -0.39 is 0 Å². The van der Waals surface area contributed by atoms with Gasteiger partial charge in [-0.2, -0.15) is 0 Å². The van der Waals surface area contributed by atoms with E-state index in [0.717, 1.165) is 19.3 Å². The first kappa shape index (κ1) is 17.2. The second-order valence-electron chi connectivity index (χ2n) is 5.25. The second kappa shape index (κ2) is 8.45. The lowest BCUT2D eigenvalue weighted by atomic mass is 9.97. The quantitative estimate of drug-likeness (QED) is 0.563. The van der Waals surface area contributed by atoms with E-state index in [4.69, 9.17) is 9.47 Å². The summed E-state index contributed by atoms with van der Waals surface area (Å²) in [6.07, 6.45) is 2.96. The van der Waals surface area contributed by atoms with Crippen LogP contribution in [0.25, 0.3) is 0 Å². The number of hydrogen-bond acceptors (Lipinski definition) is 4. The van der Waals surface area contributed by atoms with Gasteiger partial charge in [0.05, 0.1) is 11.7 Å². The molecule has 0 saturated heterocycles. The van der Waals surface area contributed by atoms with E-state index in [1.165, 1.54) is 6.92 Å². The number of carbonyl (C=O) groups excluding carboxylic acids is 2. The molecule has 0 fully saturated rings. The number of hydrogen-bond donors (Lipinski definition) is 0. The van der Waals surface area contributed by atoms with Crippen LogP contribution in [0, 0.1) is 5.92 Å². The van der Waals surface area contributed by atoms with E-state index in [1.807, 2.05) is 6.92 Å². The normalized spacial score (nSPS) is 12.0. The topological polar surface area (TPSA) is 52.6 Å². The van der Waals surface area contributed by atoms with Gasteiger partial charge in [0.25, 0.3) is 0 Å². The van der Waals surface area contributed by atoms with Crippen molar-refractivity contribution in [2.45, 2.75) is 53.1 Å². The number of ether oxygens (including phenoxy) is 2. The molecular formula is C17H24O4. The van der Waals surface area contributed by atoms with Gasteiger partial charge >= 0.3 is 11.9 Å². The zero-order valence-electron chi connectivity index (χ0n) is 13.2. The van der Waals surface area contributed by atoms with Crippen molar-refractivity contribution in [3.05, 3.63) is 29.8 Å². The number of carbonyl (C=O) groups is 2. The van der Waals surface area contributed by atoms with Gasteiger partial charge in [-0.15, -0.1) is 0 Å². The van der Waals surface area contributed by atoms with Gasteiger partial charge in [0.15, 0.2) is 0 Å². The third-order valence-electron chi connectivity index (χ3n) is 3.48. The lowest BCUT2D eigenvalue weighted by Crippen LogP contribution is -2.18. The molecule has 4 heteroatoms. The molecule has 0 N–H and O–H groups in total. The van der Waals surface area contributed by atoms with Gasteiger partial charge in [-0.05, 0) is 43.5 Å². The lowest BCUT2D eigenvalue weighted by Gasteiger charge is -2.18. The van der Waals surface area contributed by atoms with Crippen LogP contribution in [-0.4, -0.2) is 18.0 Å². The summed E-state index contributed by atoms with van der Waals surface area (Å²) in [5.74, 6) is 0.273. The third-order valence-corrected chi connectivity index (χ3v) is 3.48. The Morgan fingerprint density at radius 3 is 2.14 bits per heavy atom. The first-order valence-corrected chi connectivity index (χ1v) is 7.45. The first-order valence-electron chi connectivity index (χ1n) is 7.45. The summed E-state index contributed by atoms with van der Waals surface area (Å²) in [5.41, 5.74) is 0.460. The summed E-state index contributed by atoms with van der Waals surface area (Å²) < 4.78 is 10.4. The molecule has 0 aliphatic carbocycles. The van der Waals surface area contributed by atoms with Crippen LogP contribution in [0.15, 0.2) is 24.3 Å².